The second-order valence-corrected chi connectivity index (χ2v) is 6.81. The quantitative estimate of drug-likeness (QED) is 0.372. The Hall–Kier alpha value is -1.55. The molecule has 1 unspecified atom stereocenters. The van der Waals surface area contributed by atoms with Gasteiger partial charge in [0.1, 0.15) is 6.61 Å². The maximum atomic E-state index is 5.94. The van der Waals surface area contributed by atoms with Crippen molar-refractivity contribution in [1.29, 1.82) is 0 Å². The summed E-state index contributed by atoms with van der Waals surface area (Å²) in [7, 11) is 0. The SMILES string of the molecule is CCNC(=NCC1COc2ccccc2O1)NCCc1csc(C)n1.I. The van der Waals surface area contributed by atoms with Crippen molar-refractivity contribution in [2.24, 2.45) is 4.99 Å². The van der Waals surface area contributed by atoms with Crippen molar-refractivity contribution >= 4 is 41.3 Å². The predicted molar refractivity (Wildman–Crippen MR) is 116 cm³/mol. The largest absolute Gasteiger partial charge is 0.486 e. The van der Waals surface area contributed by atoms with E-state index in [1.54, 1.807) is 11.3 Å². The molecule has 0 bridgehead atoms. The van der Waals surface area contributed by atoms with E-state index >= 15 is 0 Å². The zero-order valence-corrected chi connectivity index (χ0v) is 18.2. The van der Waals surface area contributed by atoms with Gasteiger partial charge < -0.3 is 20.1 Å². The third-order valence-electron chi connectivity index (χ3n) is 3.70. The van der Waals surface area contributed by atoms with Crippen molar-refractivity contribution in [2.75, 3.05) is 26.2 Å². The van der Waals surface area contributed by atoms with Crippen molar-refractivity contribution in [1.82, 2.24) is 15.6 Å². The number of aromatic nitrogens is 1. The Morgan fingerprint density at radius 2 is 2.12 bits per heavy atom. The molecule has 0 spiro atoms. The van der Waals surface area contributed by atoms with E-state index in [1.165, 1.54) is 0 Å². The maximum absolute atomic E-state index is 5.94. The van der Waals surface area contributed by atoms with Crippen LogP contribution in [-0.2, 0) is 6.42 Å². The zero-order valence-electron chi connectivity index (χ0n) is 15.0. The minimum atomic E-state index is -0.0773. The first-order valence-electron chi connectivity index (χ1n) is 8.56. The standard InChI is InChI=1S/C18H24N4O2S.HI/c1-3-19-18(20-9-8-14-12-25-13(2)22-14)21-10-15-11-23-16-6-4-5-7-17(16)24-15;/h4-7,12,15H,3,8-11H2,1-2H3,(H2,19,20,21);1H. The van der Waals surface area contributed by atoms with Crippen LogP contribution < -0.4 is 20.1 Å². The maximum Gasteiger partial charge on any atom is 0.191 e. The molecular weight excluding hydrogens is 463 g/mol. The molecule has 1 aromatic heterocycles. The zero-order chi connectivity index (χ0) is 17.5. The van der Waals surface area contributed by atoms with E-state index in [-0.39, 0.29) is 30.1 Å². The van der Waals surface area contributed by atoms with Gasteiger partial charge in [-0.1, -0.05) is 12.1 Å². The van der Waals surface area contributed by atoms with Gasteiger partial charge in [0.25, 0.3) is 0 Å². The molecule has 2 N–H and O–H groups in total. The first-order chi connectivity index (χ1) is 12.2. The average Bonchev–Trinajstić information content (AvgIpc) is 3.04. The summed E-state index contributed by atoms with van der Waals surface area (Å²) >= 11 is 1.68. The van der Waals surface area contributed by atoms with Crippen molar-refractivity contribution in [3.63, 3.8) is 0 Å². The molecule has 1 atom stereocenters. The summed E-state index contributed by atoms with van der Waals surface area (Å²) in [6, 6.07) is 7.72. The van der Waals surface area contributed by atoms with E-state index in [4.69, 9.17) is 9.47 Å². The number of nitrogens with one attached hydrogen (secondary N) is 2. The summed E-state index contributed by atoms with van der Waals surface area (Å²) in [5, 5.41) is 9.81. The summed E-state index contributed by atoms with van der Waals surface area (Å²) < 4.78 is 11.7. The monoisotopic (exact) mass is 488 g/mol. The highest BCUT2D eigenvalue weighted by atomic mass is 127. The number of benzene rings is 1. The summed E-state index contributed by atoms with van der Waals surface area (Å²) in [6.45, 7) is 6.73. The van der Waals surface area contributed by atoms with Gasteiger partial charge >= 0.3 is 0 Å². The van der Waals surface area contributed by atoms with Gasteiger partial charge in [0, 0.05) is 24.9 Å². The van der Waals surface area contributed by atoms with E-state index in [2.05, 4.69) is 32.9 Å². The van der Waals surface area contributed by atoms with Crippen LogP contribution in [0.4, 0.5) is 0 Å². The molecule has 0 saturated carbocycles. The van der Waals surface area contributed by atoms with Crippen molar-refractivity contribution in [3.05, 3.63) is 40.3 Å². The van der Waals surface area contributed by atoms with Crippen LogP contribution in [0.3, 0.4) is 0 Å². The van der Waals surface area contributed by atoms with Crippen LogP contribution in [0.15, 0.2) is 34.6 Å². The molecular formula is C18H25IN4O2S. The Morgan fingerprint density at radius 3 is 2.85 bits per heavy atom. The Kier molecular flexibility index (Phi) is 8.43. The topological polar surface area (TPSA) is 67.8 Å². The molecule has 0 amide bonds. The van der Waals surface area contributed by atoms with Crippen LogP contribution in [0, 0.1) is 6.92 Å². The number of nitrogens with zero attached hydrogens (tertiary/aromatic N) is 2. The molecule has 0 saturated heterocycles. The summed E-state index contributed by atoms with van der Waals surface area (Å²) in [4.78, 5) is 9.09. The number of para-hydroxylation sites is 2. The minimum absolute atomic E-state index is 0. The Balaban J connectivity index is 0.00000243. The third kappa shape index (κ3) is 6.01. The fraction of sp³-hybridized carbons (Fsp3) is 0.444. The highest BCUT2D eigenvalue weighted by molar-refractivity contribution is 14.0. The highest BCUT2D eigenvalue weighted by Crippen LogP contribution is 2.30. The van der Waals surface area contributed by atoms with Gasteiger partial charge in [-0.2, -0.15) is 0 Å². The lowest BCUT2D eigenvalue weighted by atomic mass is 10.2. The van der Waals surface area contributed by atoms with E-state index in [9.17, 15) is 0 Å². The number of aryl methyl sites for hydroxylation is 1. The first-order valence-corrected chi connectivity index (χ1v) is 9.44. The molecule has 142 valence electrons. The van der Waals surface area contributed by atoms with Crippen molar-refractivity contribution in [2.45, 2.75) is 26.4 Å². The van der Waals surface area contributed by atoms with Crippen molar-refractivity contribution in [3.8, 4) is 11.5 Å². The van der Waals surface area contributed by atoms with E-state index in [0.717, 1.165) is 47.7 Å². The van der Waals surface area contributed by atoms with Gasteiger partial charge in [-0.05, 0) is 26.0 Å². The molecule has 0 radical (unpaired) electrons. The molecule has 8 heteroatoms. The molecule has 0 fully saturated rings. The highest BCUT2D eigenvalue weighted by Gasteiger charge is 2.20. The van der Waals surface area contributed by atoms with Crippen molar-refractivity contribution < 1.29 is 9.47 Å². The van der Waals surface area contributed by atoms with Gasteiger partial charge in [-0.3, -0.25) is 0 Å². The molecule has 26 heavy (non-hydrogen) atoms. The van der Waals surface area contributed by atoms with Crippen LogP contribution in [0.1, 0.15) is 17.6 Å². The predicted octanol–water partition coefficient (Wildman–Crippen LogP) is 3.01. The molecule has 1 aliphatic heterocycles. The number of guanidine groups is 1. The van der Waals surface area contributed by atoms with Gasteiger partial charge in [-0.15, -0.1) is 35.3 Å². The molecule has 1 aliphatic rings. The molecule has 2 heterocycles. The third-order valence-corrected chi connectivity index (χ3v) is 4.53. The van der Waals surface area contributed by atoms with Gasteiger partial charge in [0.15, 0.2) is 23.6 Å². The number of aliphatic imine (C=N–C) groups is 1. The number of halogens is 1. The van der Waals surface area contributed by atoms with Crippen LogP contribution in [0.2, 0.25) is 0 Å². The van der Waals surface area contributed by atoms with Crippen LogP contribution in [0.5, 0.6) is 11.5 Å². The average molecular weight is 488 g/mol. The number of hydrogen-bond donors (Lipinski definition) is 2. The molecule has 6 nitrogen and oxygen atoms in total. The first kappa shape index (κ1) is 20.8. The van der Waals surface area contributed by atoms with Gasteiger partial charge in [-0.25, -0.2) is 9.98 Å². The van der Waals surface area contributed by atoms with Gasteiger partial charge in [0.2, 0.25) is 0 Å². The fourth-order valence-electron chi connectivity index (χ4n) is 2.52. The van der Waals surface area contributed by atoms with E-state index in [1.807, 2.05) is 31.2 Å². The Labute approximate surface area is 175 Å². The number of hydrogen-bond acceptors (Lipinski definition) is 5. The smallest absolute Gasteiger partial charge is 0.191 e. The Bertz CT molecular complexity index is 723. The number of rotatable bonds is 6. The minimum Gasteiger partial charge on any atom is -0.486 e. The lowest BCUT2D eigenvalue weighted by Gasteiger charge is -2.25. The second kappa shape index (κ2) is 10.6. The molecule has 3 rings (SSSR count). The lowest BCUT2D eigenvalue weighted by molar-refractivity contribution is 0.0971. The van der Waals surface area contributed by atoms with Crippen LogP contribution in [-0.4, -0.2) is 43.3 Å². The summed E-state index contributed by atoms with van der Waals surface area (Å²) in [5.41, 5.74) is 1.12. The number of thiazole rings is 1. The summed E-state index contributed by atoms with van der Waals surface area (Å²) in [6.07, 6.45) is 0.803. The number of fused-ring (bicyclic) bond motifs is 1. The van der Waals surface area contributed by atoms with Gasteiger partial charge in [0.05, 0.1) is 17.2 Å². The number of ether oxygens (including phenoxy) is 2. The molecule has 1 aromatic carbocycles. The second-order valence-electron chi connectivity index (χ2n) is 5.75. The van der Waals surface area contributed by atoms with Crippen LogP contribution >= 0.6 is 35.3 Å². The van der Waals surface area contributed by atoms with E-state index in [0.29, 0.717) is 13.2 Å². The van der Waals surface area contributed by atoms with Crippen LogP contribution in [0.25, 0.3) is 0 Å². The summed E-state index contributed by atoms with van der Waals surface area (Å²) in [5.74, 6) is 2.37. The Morgan fingerprint density at radius 1 is 1.31 bits per heavy atom. The lowest BCUT2D eigenvalue weighted by Crippen LogP contribution is -2.40. The molecule has 0 aliphatic carbocycles. The normalized spacial score (nSPS) is 15.9. The van der Waals surface area contributed by atoms with E-state index < -0.39 is 0 Å². The fourth-order valence-corrected chi connectivity index (χ4v) is 3.17. The molecule has 2 aromatic rings.